The van der Waals surface area contributed by atoms with Crippen LogP contribution in [0.25, 0.3) is 0 Å². The summed E-state index contributed by atoms with van der Waals surface area (Å²) in [7, 11) is 0. The van der Waals surface area contributed by atoms with Gasteiger partial charge in [0.2, 0.25) is 5.91 Å². The van der Waals surface area contributed by atoms with Gasteiger partial charge in [-0.25, -0.2) is 0 Å². The van der Waals surface area contributed by atoms with Crippen molar-refractivity contribution in [3.05, 3.63) is 24.3 Å². The standard InChI is InChI=1S/C10H10F3NO2/c1-2-9(15)14-7-4-3-5-8(6-7)16-10(11,12)13/h3-6H,2H2,1H3,(H,14,15). The van der Waals surface area contributed by atoms with E-state index in [-0.39, 0.29) is 23.8 Å². The SMILES string of the molecule is CCC(=O)Nc1cccc(OC(F)(F)F)c1. The number of nitrogens with one attached hydrogen (secondary N) is 1. The van der Waals surface area contributed by atoms with Crippen LogP contribution in [-0.2, 0) is 4.79 Å². The fourth-order valence-corrected chi connectivity index (χ4v) is 1.02. The van der Waals surface area contributed by atoms with Crippen molar-refractivity contribution >= 4 is 11.6 Å². The molecule has 1 aromatic rings. The molecule has 1 N–H and O–H groups in total. The Morgan fingerprint density at radius 1 is 1.44 bits per heavy atom. The first-order valence-corrected chi connectivity index (χ1v) is 4.56. The molecular formula is C10H10F3NO2. The van der Waals surface area contributed by atoms with Crippen molar-refractivity contribution in [2.75, 3.05) is 5.32 Å². The van der Waals surface area contributed by atoms with Crippen LogP contribution in [0.1, 0.15) is 13.3 Å². The van der Waals surface area contributed by atoms with Crippen LogP contribution >= 0.6 is 0 Å². The zero-order chi connectivity index (χ0) is 12.2. The summed E-state index contributed by atoms with van der Waals surface area (Å²) in [4.78, 5) is 11.0. The summed E-state index contributed by atoms with van der Waals surface area (Å²) in [6.07, 6.45) is -4.47. The van der Waals surface area contributed by atoms with Gasteiger partial charge in [-0.1, -0.05) is 13.0 Å². The van der Waals surface area contributed by atoms with Crippen LogP contribution in [0.5, 0.6) is 5.75 Å². The molecule has 0 fully saturated rings. The monoisotopic (exact) mass is 233 g/mol. The van der Waals surface area contributed by atoms with Crippen LogP contribution in [0.2, 0.25) is 0 Å². The number of halogens is 3. The molecule has 88 valence electrons. The molecule has 3 nitrogen and oxygen atoms in total. The van der Waals surface area contributed by atoms with E-state index >= 15 is 0 Å². The number of carbonyl (C=O) groups is 1. The molecule has 0 radical (unpaired) electrons. The van der Waals surface area contributed by atoms with E-state index in [4.69, 9.17) is 0 Å². The van der Waals surface area contributed by atoms with E-state index in [1.165, 1.54) is 12.1 Å². The summed E-state index contributed by atoms with van der Waals surface area (Å²) in [6, 6.07) is 5.12. The molecular weight excluding hydrogens is 223 g/mol. The molecule has 6 heteroatoms. The van der Waals surface area contributed by atoms with Crippen molar-refractivity contribution in [2.45, 2.75) is 19.7 Å². The van der Waals surface area contributed by atoms with E-state index < -0.39 is 6.36 Å². The minimum Gasteiger partial charge on any atom is -0.406 e. The Morgan fingerprint density at radius 3 is 2.69 bits per heavy atom. The molecule has 0 aliphatic carbocycles. The van der Waals surface area contributed by atoms with Crippen LogP contribution in [-0.4, -0.2) is 12.3 Å². The number of ether oxygens (including phenoxy) is 1. The second-order valence-corrected chi connectivity index (χ2v) is 2.98. The summed E-state index contributed by atoms with van der Waals surface area (Å²) >= 11 is 0. The Labute approximate surface area is 90.2 Å². The van der Waals surface area contributed by atoms with Crippen LogP contribution < -0.4 is 10.1 Å². The first kappa shape index (κ1) is 12.4. The van der Waals surface area contributed by atoms with Crippen LogP contribution in [0.4, 0.5) is 18.9 Å². The Kier molecular flexibility index (Phi) is 3.76. The van der Waals surface area contributed by atoms with Crippen LogP contribution in [0.3, 0.4) is 0 Å². The molecule has 0 spiro atoms. The van der Waals surface area contributed by atoms with Gasteiger partial charge >= 0.3 is 6.36 Å². The summed E-state index contributed by atoms with van der Waals surface area (Å²) in [5.74, 6) is -0.634. The molecule has 0 aliphatic heterocycles. The highest BCUT2D eigenvalue weighted by Crippen LogP contribution is 2.24. The number of hydrogen-bond acceptors (Lipinski definition) is 2. The lowest BCUT2D eigenvalue weighted by Crippen LogP contribution is -2.17. The lowest BCUT2D eigenvalue weighted by atomic mass is 10.3. The van der Waals surface area contributed by atoms with Crippen molar-refractivity contribution in [1.82, 2.24) is 0 Å². The molecule has 0 aromatic heterocycles. The normalized spacial score (nSPS) is 11.0. The number of hydrogen-bond donors (Lipinski definition) is 1. The summed E-state index contributed by atoms with van der Waals surface area (Å²) < 4.78 is 39.4. The minimum absolute atomic E-state index is 0.254. The van der Waals surface area contributed by atoms with Gasteiger partial charge in [-0.2, -0.15) is 0 Å². The maximum atomic E-state index is 11.9. The number of alkyl halides is 3. The van der Waals surface area contributed by atoms with Gasteiger partial charge < -0.3 is 10.1 Å². The molecule has 0 aliphatic rings. The predicted octanol–water partition coefficient (Wildman–Crippen LogP) is 2.93. The first-order chi connectivity index (χ1) is 7.40. The quantitative estimate of drug-likeness (QED) is 0.871. The van der Waals surface area contributed by atoms with Crippen molar-refractivity contribution in [3.8, 4) is 5.75 Å². The summed E-state index contributed by atoms with van der Waals surface area (Å²) in [5, 5.41) is 2.43. The highest BCUT2D eigenvalue weighted by atomic mass is 19.4. The molecule has 0 unspecified atom stereocenters. The lowest BCUT2D eigenvalue weighted by molar-refractivity contribution is -0.274. The number of carbonyl (C=O) groups excluding carboxylic acids is 1. The summed E-state index contributed by atoms with van der Waals surface area (Å²) in [5.41, 5.74) is 0.272. The second kappa shape index (κ2) is 4.87. The van der Waals surface area contributed by atoms with Gasteiger partial charge in [-0.3, -0.25) is 4.79 Å². The Morgan fingerprint density at radius 2 is 2.12 bits per heavy atom. The number of amides is 1. The molecule has 0 heterocycles. The van der Waals surface area contributed by atoms with E-state index in [0.717, 1.165) is 12.1 Å². The topological polar surface area (TPSA) is 38.3 Å². The van der Waals surface area contributed by atoms with Gasteiger partial charge in [-0.15, -0.1) is 13.2 Å². The van der Waals surface area contributed by atoms with E-state index in [9.17, 15) is 18.0 Å². The highest BCUT2D eigenvalue weighted by molar-refractivity contribution is 5.90. The fraction of sp³-hybridized carbons (Fsp3) is 0.300. The van der Waals surface area contributed by atoms with E-state index in [0.29, 0.717) is 0 Å². The molecule has 1 amide bonds. The van der Waals surface area contributed by atoms with Crippen LogP contribution in [0.15, 0.2) is 24.3 Å². The van der Waals surface area contributed by atoms with Crippen LogP contribution in [0, 0.1) is 0 Å². The summed E-state index contributed by atoms with van der Waals surface area (Å²) in [6.45, 7) is 1.64. The molecule has 0 bridgehead atoms. The van der Waals surface area contributed by atoms with Crippen molar-refractivity contribution < 1.29 is 22.7 Å². The van der Waals surface area contributed by atoms with E-state index in [1.807, 2.05) is 0 Å². The molecule has 0 atom stereocenters. The molecule has 1 aromatic carbocycles. The largest absolute Gasteiger partial charge is 0.573 e. The molecule has 1 rings (SSSR count). The maximum absolute atomic E-state index is 11.9. The van der Waals surface area contributed by atoms with E-state index in [1.54, 1.807) is 6.92 Å². The highest BCUT2D eigenvalue weighted by Gasteiger charge is 2.31. The second-order valence-electron chi connectivity index (χ2n) is 2.98. The average molecular weight is 233 g/mol. The predicted molar refractivity (Wildman–Crippen MR) is 52.0 cm³/mol. The number of benzene rings is 1. The minimum atomic E-state index is -4.73. The van der Waals surface area contributed by atoms with Gasteiger partial charge in [0.25, 0.3) is 0 Å². The Hall–Kier alpha value is -1.72. The third-order valence-corrected chi connectivity index (χ3v) is 1.67. The third kappa shape index (κ3) is 4.20. The number of anilines is 1. The van der Waals surface area contributed by atoms with Gasteiger partial charge in [-0.05, 0) is 12.1 Å². The van der Waals surface area contributed by atoms with E-state index in [2.05, 4.69) is 10.1 Å². The smallest absolute Gasteiger partial charge is 0.406 e. The lowest BCUT2D eigenvalue weighted by Gasteiger charge is -2.10. The molecule has 16 heavy (non-hydrogen) atoms. The third-order valence-electron chi connectivity index (χ3n) is 1.67. The van der Waals surface area contributed by atoms with Gasteiger partial charge in [0.05, 0.1) is 0 Å². The maximum Gasteiger partial charge on any atom is 0.573 e. The van der Waals surface area contributed by atoms with Gasteiger partial charge in [0.1, 0.15) is 5.75 Å². The molecule has 0 saturated carbocycles. The Bertz CT molecular complexity index is 377. The zero-order valence-electron chi connectivity index (χ0n) is 8.47. The number of rotatable bonds is 3. The van der Waals surface area contributed by atoms with Crippen molar-refractivity contribution in [2.24, 2.45) is 0 Å². The Balaban J connectivity index is 2.75. The first-order valence-electron chi connectivity index (χ1n) is 4.56. The van der Waals surface area contributed by atoms with Gasteiger partial charge in [0.15, 0.2) is 0 Å². The zero-order valence-corrected chi connectivity index (χ0v) is 8.47. The fourth-order valence-electron chi connectivity index (χ4n) is 1.02. The van der Waals surface area contributed by atoms with Crippen molar-refractivity contribution in [3.63, 3.8) is 0 Å². The van der Waals surface area contributed by atoms with Gasteiger partial charge in [0, 0.05) is 18.2 Å². The average Bonchev–Trinajstić information content (AvgIpc) is 2.15. The van der Waals surface area contributed by atoms with Crippen molar-refractivity contribution in [1.29, 1.82) is 0 Å². The molecule has 0 saturated heterocycles.